The molecule has 0 aromatic carbocycles. The monoisotopic (exact) mass is 1020 g/mol. The van der Waals surface area contributed by atoms with Crippen molar-refractivity contribution in [1.82, 2.24) is 5.32 Å². The fourth-order valence-corrected chi connectivity index (χ4v) is 10.3. The van der Waals surface area contributed by atoms with Gasteiger partial charge in [0, 0.05) is 6.42 Å². The first-order valence-corrected chi connectivity index (χ1v) is 31.5. The number of carbonyl (C=O) groups is 1. The van der Waals surface area contributed by atoms with Crippen LogP contribution >= 0.6 is 0 Å². The molecule has 0 bridgehead atoms. The number of allylic oxidation sites excluding steroid dienone is 4. The van der Waals surface area contributed by atoms with E-state index in [0.29, 0.717) is 12.8 Å². The van der Waals surface area contributed by atoms with Crippen LogP contribution in [0.4, 0.5) is 0 Å². The van der Waals surface area contributed by atoms with Crippen molar-refractivity contribution < 1.29 is 39.8 Å². The van der Waals surface area contributed by atoms with E-state index in [-0.39, 0.29) is 12.5 Å². The van der Waals surface area contributed by atoms with Crippen LogP contribution < -0.4 is 5.32 Å². The molecule has 9 nitrogen and oxygen atoms in total. The quantitative estimate of drug-likeness (QED) is 0.0261. The molecule has 0 aromatic heterocycles. The van der Waals surface area contributed by atoms with Gasteiger partial charge in [0.05, 0.1) is 25.4 Å². The first-order chi connectivity index (χ1) is 35.3. The molecule has 1 fully saturated rings. The fourth-order valence-electron chi connectivity index (χ4n) is 10.3. The van der Waals surface area contributed by atoms with Crippen LogP contribution in [0.3, 0.4) is 0 Å². The summed E-state index contributed by atoms with van der Waals surface area (Å²) in [5.41, 5.74) is 0. The summed E-state index contributed by atoms with van der Waals surface area (Å²) in [6.07, 6.45) is 60.7. The zero-order chi connectivity index (χ0) is 52.2. The van der Waals surface area contributed by atoms with Gasteiger partial charge in [-0.1, -0.05) is 289 Å². The Bertz CT molecular complexity index is 1180. The highest BCUT2D eigenvalue weighted by molar-refractivity contribution is 5.76. The summed E-state index contributed by atoms with van der Waals surface area (Å²) < 4.78 is 11.3. The van der Waals surface area contributed by atoms with Crippen LogP contribution in [0.5, 0.6) is 0 Å². The maximum atomic E-state index is 13.1. The number of aliphatic hydroxyl groups is 5. The second kappa shape index (κ2) is 53.1. The molecule has 0 aliphatic carbocycles. The summed E-state index contributed by atoms with van der Waals surface area (Å²) in [5, 5.41) is 54.8. The highest BCUT2D eigenvalue weighted by Gasteiger charge is 2.44. The molecule has 0 saturated carbocycles. The van der Waals surface area contributed by atoms with Gasteiger partial charge in [-0.15, -0.1) is 0 Å². The number of ether oxygens (including phenoxy) is 2. The second-order valence-electron chi connectivity index (χ2n) is 22.2. The van der Waals surface area contributed by atoms with Crippen molar-refractivity contribution in [2.75, 3.05) is 13.2 Å². The average molecular weight is 1020 g/mol. The number of carbonyl (C=O) groups excluding carboxylic acids is 1. The summed E-state index contributed by atoms with van der Waals surface area (Å²) in [6, 6.07) is -0.719. The first kappa shape index (κ1) is 68.7. The molecule has 7 unspecified atom stereocenters. The molecule has 1 heterocycles. The van der Waals surface area contributed by atoms with E-state index in [1.165, 1.54) is 244 Å². The summed E-state index contributed by atoms with van der Waals surface area (Å²) in [5.74, 6) is -0.140. The maximum Gasteiger partial charge on any atom is 0.220 e. The van der Waals surface area contributed by atoms with Crippen LogP contribution in [-0.2, 0) is 14.3 Å². The molecule has 426 valence electrons. The van der Waals surface area contributed by atoms with Gasteiger partial charge in [-0.25, -0.2) is 0 Å². The summed E-state index contributed by atoms with van der Waals surface area (Å²) in [4.78, 5) is 13.1. The number of aliphatic hydroxyl groups excluding tert-OH is 5. The molecule has 1 saturated heterocycles. The molecule has 6 N–H and O–H groups in total. The Morgan fingerprint density at radius 1 is 0.472 bits per heavy atom. The van der Waals surface area contributed by atoms with Crippen LogP contribution in [0.15, 0.2) is 24.3 Å². The lowest BCUT2D eigenvalue weighted by atomic mass is 9.99. The predicted octanol–water partition coefficient (Wildman–Crippen LogP) is 16.1. The molecule has 1 aliphatic rings. The summed E-state index contributed by atoms with van der Waals surface area (Å²) in [7, 11) is 0. The third-order valence-electron chi connectivity index (χ3n) is 15.3. The molecule has 72 heavy (non-hydrogen) atoms. The van der Waals surface area contributed by atoms with Crippen molar-refractivity contribution in [1.29, 1.82) is 0 Å². The Kier molecular flexibility index (Phi) is 50.6. The van der Waals surface area contributed by atoms with Crippen LogP contribution in [0.25, 0.3) is 0 Å². The van der Waals surface area contributed by atoms with Gasteiger partial charge in [0.1, 0.15) is 24.4 Å². The van der Waals surface area contributed by atoms with Crippen molar-refractivity contribution in [2.24, 2.45) is 0 Å². The standard InChI is InChI=1S/C63H121NO8/c1-3-5-7-9-11-13-15-17-19-21-23-25-27-29-31-33-35-37-39-41-43-45-47-49-51-53-59(67)64-56(55-71-63-62(70)61(69)60(68)58(54-65)72-63)57(66)52-50-48-46-44-42-40-38-36-34-32-30-28-26-24-22-20-18-16-14-12-10-8-6-4-2/h15,17,21,23,56-58,60-63,65-66,68-70H,3-14,16,18-20,22,24-55H2,1-2H3,(H,64,67)/b17-15-,23-21-. The Morgan fingerprint density at radius 2 is 0.819 bits per heavy atom. The van der Waals surface area contributed by atoms with Gasteiger partial charge < -0.3 is 40.3 Å². The Hall–Kier alpha value is -1.33. The van der Waals surface area contributed by atoms with Crippen molar-refractivity contribution in [3.8, 4) is 0 Å². The number of amides is 1. The second-order valence-corrected chi connectivity index (χ2v) is 22.2. The predicted molar refractivity (Wildman–Crippen MR) is 304 cm³/mol. The number of hydrogen-bond donors (Lipinski definition) is 6. The van der Waals surface area contributed by atoms with Gasteiger partial charge >= 0.3 is 0 Å². The number of nitrogens with one attached hydrogen (secondary N) is 1. The van der Waals surface area contributed by atoms with E-state index in [4.69, 9.17) is 9.47 Å². The van der Waals surface area contributed by atoms with Crippen molar-refractivity contribution in [2.45, 2.75) is 358 Å². The van der Waals surface area contributed by atoms with Crippen molar-refractivity contribution in [3.05, 3.63) is 24.3 Å². The van der Waals surface area contributed by atoms with Gasteiger partial charge in [0.2, 0.25) is 5.91 Å². The van der Waals surface area contributed by atoms with Crippen LogP contribution in [-0.4, -0.2) is 87.5 Å². The largest absolute Gasteiger partial charge is 0.394 e. The minimum absolute atomic E-state index is 0.135. The lowest BCUT2D eigenvalue weighted by Crippen LogP contribution is -2.60. The third-order valence-corrected chi connectivity index (χ3v) is 15.3. The van der Waals surface area contributed by atoms with Gasteiger partial charge in [-0.05, 0) is 44.9 Å². The molecule has 9 heteroatoms. The Morgan fingerprint density at radius 3 is 1.19 bits per heavy atom. The van der Waals surface area contributed by atoms with E-state index >= 15 is 0 Å². The highest BCUT2D eigenvalue weighted by atomic mass is 16.7. The molecular weight excluding hydrogens is 899 g/mol. The number of hydrogen-bond acceptors (Lipinski definition) is 8. The minimum Gasteiger partial charge on any atom is -0.394 e. The summed E-state index contributed by atoms with van der Waals surface area (Å²) in [6.45, 7) is 3.87. The van der Waals surface area contributed by atoms with Crippen LogP contribution in [0.2, 0.25) is 0 Å². The van der Waals surface area contributed by atoms with Crippen molar-refractivity contribution in [3.63, 3.8) is 0 Å². The smallest absolute Gasteiger partial charge is 0.220 e. The van der Waals surface area contributed by atoms with E-state index < -0.39 is 49.5 Å². The fraction of sp³-hybridized carbons (Fsp3) is 0.921. The third kappa shape index (κ3) is 41.9. The normalized spacial score (nSPS) is 19.2. The molecule has 1 rings (SSSR count). The Balaban J connectivity index is 2.16. The molecule has 7 atom stereocenters. The van der Waals surface area contributed by atoms with Crippen LogP contribution in [0.1, 0.15) is 316 Å². The minimum atomic E-state index is -1.55. The van der Waals surface area contributed by atoms with E-state index in [9.17, 15) is 30.3 Å². The van der Waals surface area contributed by atoms with Gasteiger partial charge in [-0.3, -0.25) is 4.79 Å². The van der Waals surface area contributed by atoms with E-state index in [2.05, 4.69) is 43.5 Å². The lowest BCUT2D eigenvalue weighted by Gasteiger charge is -2.40. The average Bonchev–Trinajstić information content (AvgIpc) is 3.38. The van der Waals surface area contributed by atoms with Gasteiger partial charge in [0.25, 0.3) is 0 Å². The van der Waals surface area contributed by atoms with Gasteiger partial charge in [-0.2, -0.15) is 0 Å². The molecule has 0 aromatic rings. The summed E-state index contributed by atoms with van der Waals surface area (Å²) >= 11 is 0. The van der Waals surface area contributed by atoms with Gasteiger partial charge in [0.15, 0.2) is 6.29 Å². The van der Waals surface area contributed by atoms with Crippen LogP contribution in [0, 0.1) is 0 Å². The number of unbranched alkanes of at least 4 members (excludes halogenated alkanes) is 41. The molecule has 0 radical (unpaired) electrons. The van der Waals surface area contributed by atoms with Crippen molar-refractivity contribution >= 4 is 5.91 Å². The van der Waals surface area contributed by atoms with E-state index in [1.807, 2.05) is 0 Å². The molecule has 1 amide bonds. The number of rotatable bonds is 55. The maximum absolute atomic E-state index is 13.1. The SMILES string of the molecule is CCCCCCC/C=C\C/C=C\CCCCCCCCCCCCCCCC(=O)NC(COC1OC(CO)C(O)C(O)C1O)C(O)CCCCCCCCCCCCCCCCCCCCCCCCCC. The lowest BCUT2D eigenvalue weighted by molar-refractivity contribution is -0.302. The Labute approximate surface area is 445 Å². The first-order valence-electron chi connectivity index (χ1n) is 31.5. The zero-order valence-corrected chi connectivity index (χ0v) is 47.5. The van der Waals surface area contributed by atoms with E-state index in [0.717, 1.165) is 44.9 Å². The topological polar surface area (TPSA) is 149 Å². The molecular formula is C63H121NO8. The van der Waals surface area contributed by atoms with E-state index in [1.54, 1.807) is 0 Å². The molecule has 1 aliphatic heterocycles. The molecule has 0 spiro atoms. The highest BCUT2D eigenvalue weighted by Crippen LogP contribution is 2.23. The zero-order valence-electron chi connectivity index (χ0n) is 47.5.